The van der Waals surface area contributed by atoms with E-state index in [1.807, 2.05) is 18.7 Å². The molecule has 5 heteroatoms. The molecule has 20 heavy (non-hydrogen) atoms. The van der Waals surface area contributed by atoms with Gasteiger partial charge in [-0.1, -0.05) is 13.8 Å². The minimum atomic E-state index is 0.0954. The van der Waals surface area contributed by atoms with Crippen molar-refractivity contribution in [1.82, 2.24) is 20.2 Å². The van der Waals surface area contributed by atoms with Crippen molar-refractivity contribution >= 4 is 5.91 Å². The largest absolute Gasteiger partial charge is 0.342 e. The average Bonchev–Trinajstić information content (AvgIpc) is 2.48. The molecule has 0 bridgehead atoms. The third-order valence-corrected chi connectivity index (χ3v) is 3.81. The number of rotatable bonds is 4. The highest BCUT2D eigenvalue weighted by atomic mass is 16.2. The summed E-state index contributed by atoms with van der Waals surface area (Å²) in [4.78, 5) is 22.3. The Labute approximate surface area is 120 Å². The van der Waals surface area contributed by atoms with Crippen molar-refractivity contribution in [3.63, 3.8) is 0 Å². The maximum Gasteiger partial charge on any atom is 0.225 e. The van der Waals surface area contributed by atoms with Crippen LogP contribution in [0.2, 0.25) is 0 Å². The molecule has 1 unspecified atom stereocenters. The van der Waals surface area contributed by atoms with Crippen LogP contribution in [0.3, 0.4) is 0 Å². The number of hydrogen-bond acceptors (Lipinski definition) is 4. The summed E-state index contributed by atoms with van der Waals surface area (Å²) in [5.74, 6) is 0.364. The molecule has 1 N–H and O–H groups in total. The first-order valence-electron chi connectivity index (χ1n) is 7.38. The molecule has 1 aliphatic rings. The highest BCUT2D eigenvalue weighted by molar-refractivity contribution is 5.78. The van der Waals surface area contributed by atoms with Gasteiger partial charge in [0.25, 0.3) is 0 Å². The zero-order chi connectivity index (χ0) is 14.5. The van der Waals surface area contributed by atoms with Gasteiger partial charge in [-0.25, -0.2) is 0 Å². The summed E-state index contributed by atoms with van der Waals surface area (Å²) >= 11 is 0. The number of carbonyl (C=O) groups excluding carboxylic acids is 1. The molecule has 0 aromatic carbocycles. The Morgan fingerprint density at radius 3 is 2.55 bits per heavy atom. The third kappa shape index (κ3) is 3.76. The van der Waals surface area contributed by atoms with Crippen molar-refractivity contribution in [3.05, 3.63) is 24.3 Å². The number of nitrogens with zero attached hydrogens (tertiary/aromatic N) is 3. The number of piperidine rings is 1. The van der Waals surface area contributed by atoms with Crippen LogP contribution < -0.4 is 5.32 Å². The van der Waals surface area contributed by atoms with E-state index < -0.39 is 0 Å². The van der Waals surface area contributed by atoms with Crippen LogP contribution >= 0.6 is 0 Å². The number of carbonyl (C=O) groups is 1. The lowest BCUT2D eigenvalue weighted by Crippen LogP contribution is -2.46. The van der Waals surface area contributed by atoms with E-state index in [-0.39, 0.29) is 17.9 Å². The number of hydrogen-bond donors (Lipinski definition) is 1. The summed E-state index contributed by atoms with van der Waals surface area (Å²) in [6, 6.07) is 0.643. The lowest BCUT2D eigenvalue weighted by molar-refractivity contribution is -0.135. The van der Waals surface area contributed by atoms with Gasteiger partial charge in [-0.3, -0.25) is 14.8 Å². The van der Waals surface area contributed by atoms with Gasteiger partial charge in [0.15, 0.2) is 0 Å². The van der Waals surface area contributed by atoms with Gasteiger partial charge in [-0.05, 0) is 19.8 Å². The first-order chi connectivity index (χ1) is 9.58. The molecule has 1 saturated heterocycles. The zero-order valence-corrected chi connectivity index (χ0v) is 12.5. The second kappa shape index (κ2) is 6.79. The predicted molar refractivity (Wildman–Crippen MR) is 78.0 cm³/mol. The minimum absolute atomic E-state index is 0.0954. The maximum absolute atomic E-state index is 11.9. The molecule has 1 aliphatic heterocycles. The van der Waals surface area contributed by atoms with E-state index >= 15 is 0 Å². The Kier molecular flexibility index (Phi) is 5.06. The summed E-state index contributed by atoms with van der Waals surface area (Å²) in [5, 5.41) is 3.58. The summed E-state index contributed by atoms with van der Waals surface area (Å²) in [6.07, 6.45) is 7.21. The summed E-state index contributed by atoms with van der Waals surface area (Å²) in [5.41, 5.74) is 0.966. The zero-order valence-electron chi connectivity index (χ0n) is 12.5. The van der Waals surface area contributed by atoms with Crippen LogP contribution in [0.1, 0.15) is 45.3 Å². The van der Waals surface area contributed by atoms with E-state index in [4.69, 9.17) is 0 Å². The predicted octanol–water partition coefficient (Wildman–Crippen LogP) is 1.77. The van der Waals surface area contributed by atoms with Crippen molar-refractivity contribution in [2.75, 3.05) is 13.1 Å². The Bertz CT molecular complexity index is 427. The lowest BCUT2D eigenvalue weighted by atomic mass is 10.0. The SMILES string of the molecule is CC(C)C(=O)N1CCC(NC(C)c2cnccn2)CC1. The minimum Gasteiger partial charge on any atom is -0.342 e. The molecule has 1 amide bonds. The van der Waals surface area contributed by atoms with Crippen LogP contribution in [0.5, 0.6) is 0 Å². The van der Waals surface area contributed by atoms with Crippen molar-refractivity contribution in [2.24, 2.45) is 5.92 Å². The number of amides is 1. The topological polar surface area (TPSA) is 58.1 Å². The highest BCUT2D eigenvalue weighted by Crippen LogP contribution is 2.17. The van der Waals surface area contributed by atoms with E-state index in [1.54, 1.807) is 18.6 Å². The second-order valence-corrected chi connectivity index (χ2v) is 5.77. The molecule has 110 valence electrons. The third-order valence-electron chi connectivity index (χ3n) is 3.81. The second-order valence-electron chi connectivity index (χ2n) is 5.77. The molecule has 1 aromatic rings. The molecule has 0 aliphatic carbocycles. The van der Waals surface area contributed by atoms with E-state index in [0.29, 0.717) is 6.04 Å². The molecule has 0 spiro atoms. The quantitative estimate of drug-likeness (QED) is 0.910. The fraction of sp³-hybridized carbons (Fsp3) is 0.667. The number of likely N-dealkylation sites (tertiary alicyclic amines) is 1. The van der Waals surface area contributed by atoms with Gasteiger partial charge in [0, 0.05) is 49.7 Å². The fourth-order valence-electron chi connectivity index (χ4n) is 2.60. The standard InChI is InChI=1S/C15H24N4O/c1-11(2)15(20)19-8-4-13(5-9-19)18-12(3)14-10-16-6-7-17-14/h6-7,10-13,18H,4-5,8-9H2,1-3H3. The molecule has 5 nitrogen and oxygen atoms in total. The Morgan fingerprint density at radius 1 is 1.30 bits per heavy atom. The molecule has 2 rings (SSSR count). The first-order valence-corrected chi connectivity index (χ1v) is 7.38. The summed E-state index contributed by atoms with van der Waals surface area (Å²) < 4.78 is 0. The van der Waals surface area contributed by atoms with Crippen LogP contribution in [0.15, 0.2) is 18.6 Å². The Morgan fingerprint density at radius 2 is 2.00 bits per heavy atom. The monoisotopic (exact) mass is 276 g/mol. The van der Waals surface area contributed by atoms with Crippen molar-refractivity contribution in [1.29, 1.82) is 0 Å². The van der Waals surface area contributed by atoms with Crippen LogP contribution in [0.4, 0.5) is 0 Å². The van der Waals surface area contributed by atoms with Crippen LogP contribution in [-0.2, 0) is 4.79 Å². The van der Waals surface area contributed by atoms with Crippen LogP contribution in [-0.4, -0.2) is 39.9 Å². The Balaban J connectivity index is 1.81. The molecule has 1 atom stereocenters. The Hall–Kier alpha value is -1.49. The highest BCUT2D eigenvalue weighted by Gasteiger charge is 2.25. The molecular formula is C15H24N4O. The molecule has 0 radical (unpaired) electrons. The molecule has 1 aromatic heterocycles. The van der Waals surface area contributed by atoms with E-state index in [9.17, 15) is 4.79 Å². The summed E-state index contributed by atoms with van der Waals surface area (Å²) in [6.45, 7) is 7.73. The van der Waals surface area contributed by atoms with Gasteiger partial charge in [-0.2, -0.15) is 0 Å². The van der Waals surface area contributed by atoms with Gasteiger partial charge in [0.05, 0.1) is 5.69 Å². The van der Waals surface area contributed by atoms with Crippen molar-refractivity contribution in [2.45, 2.75) is 45.7 Å². The number of aromatic nitrogens is 2. The molecular weight excluding hydrogens is 252 g/mol. The number of nitrogens with one attached hydrogen (secondary N) is 1. The molecule has 0 saturated carbocycles. The molecule has 2 heterocycles. The fourth-order valence-corrected chi connectivity index (χ4v) is 2.60. The summed E-state index contributed by atoms with van der Waals surface area (Å²) in [7, 11) is 0. The van der Waals surface area contributed by atoms with Gasteiger partial charge < -0.3 is 10.2 Å². The molecule has 1 fully saturated rings. The first kappa shape index (κ1) is 14.9. The average molecular weight is 276 g/mol. The van der Waals surface area contributed by atoms with Crippen LogP contribution in [0.25, 0.3) is 0 Å². The normalized spacial score (nSPS) is 18.3. The van der Waals surface area contributed by atoms with E-state index in [0.717, 1.165) is 31.6 Å². The lowest BCUT2D eigenvalue weighted by Gasteiger charge is -2.34. The smallest absolute Gasteiger partial charge is 0.225 e. The van der Waals surface area contributed by atoms with Gasteiger partial charge in [-0.15, -0.1) is 0 Å². The van der Waals surface area contributed by atoms with Gasteiger partial charge in [0.2, 0.25) is 5.91 Å². The maximum atomic E-state index is 11.9. The van der Waals surface area contributed by atoms with E-state index in [1.165, 1.54) is 0 Å². The van der Waals surface area contributed by atoms with E-state index in [2.05, 4.69) is 22.2 Å². The van der Waals surface area contributed by atoms with Crippen molar-refractivity contribution < 1.29 is 4.79 Å². The van der Waals surface area contributed by atoms with Gasteiger partial charge in [0.1, 0.15) is 0 Å². The van der Waals surface area contributed by atoms with Crippen LogP contribution in [0, 0.1) is 5.92 Å². The van der Waals surface area contributed by atoms with Crippen molar-refractivity contribution in [3.8, 4) is 0 Å². The van der Waals surface area contributed by atoms with Gasteiger partial charge >= 0.3 is 0 Å².